The van der Waals surface area contributed by atoms with E-state index in [0.717, 1.165) is 43.7 Å². The molecule has 3 N–H and O–H groups in total. The van der Waals surface area contributed by atoms with Crippen LogP contribution in [0.2, 0.25) is 0 Å². The number of methoxy groups -OCH3 is 1. The summed E-state index contributed by atoms with van der Waals surface area (Å²) in [6, 6.07) is 14.4. The van der Waals surface area contributed by atoms with Crippen molar-refractivity contribution in [1.29, 1.82) is 0 Å². The van der Waals surface area contributed by atoms with Crippen LogP contribution < -0.4 is 10.1 Å². The fourth-order valence-corrected chi connectivity index (χ4v) is 4.59. The lowest BCUT2D eigenvalue weighted by molar-refractivity contribution is -0.0538. The summed E-state index contributed by atoms with van der Waals surface area (Å²) in [5, 5.41) is 16.5. The molecule has 0 amide bonds. The first-order valence-corrected chi connectivity index (χ1v) is 10.2. The van der Waals surface area contributed by atoms with Crippen molar-refractivity contribution >= 4 is 10.9 Å². The maximum Gasteiger partial charge on any atom is 0.119 e. The predicted octanol–water partition coefficient (Wildman–Crippen LogP) is 4.65. The molecule has 0 spiro atoms. The number of rotatable bonds is 6. The largest absolute Gasteiger partial charge is 0.497 e. The van der Waals surface area contributed by atoms with E-state index in [9.17, 15) is 5.11 Å². The second kappa shape index (κ2) is 7.98. The number of ether oxygens (including phenoxy) is 1. The van der Waals surface area contributed by atoms with E-state index < -0.39 is 5.60 Å². The molecule has 4 heteroatoms. The molecule has 1 aliphatic rings. The topological polar surface area (TPSA) is 57.3 Å². The lowest BCUT2D eigenvalue weighted by Crippen LogP contribution is -2.43. The molecule has 2 aromatic carbocycles. The molecule has 0 radical (unpaired) electrons. The van der Waals surface area contributed by atoms with Gasteiger partial charge in [-0.05, 0) is 55.2 Å². The zero-order chi connectivity index (χ0) is 19.6. The van der Waals surface area contributed by atoms with Crippen LogP contribution >= 0.6 is 0 Å². The average Bonchev–Trinajstić information content (AvgIpc) is 3.11. The Hall–Kier alpha value is -2.30. The molecule has 1 heterocycles. The Balaban J connectivity index is 1.48. The maximum atomic E-state index is 11.6. The Morgan fingerprint density at radius 2 is 2.11 bits per heavy atom. The van der Waals surface area contributed by atoms with Crippen molar-refractivity contribution in [2.45, 2.75) is 44.8 Å². The van der Waals surface area contributed by atoms with Crippen molar-refractivity contribution in [1.82, 2.24) is 10.3 Å². The molecule has 1 saturated carbocycles. The van der Waals surface area contributed by atoms with Gasteiger partial charge in [0, 0.05) is 36.1 Å². The lowest BCUT2D eigenvalue weighted by Gasteiger charge is -2.41. The molecule has 4 rings (SSSR count). The molecule has 1 aliphatic carbocycles. The third-order valence-corrected chi connectivity index (χ3v) is 6.23. The highest BCUT2D eigenvalue weighted by Gasteiger charge is 2.40. The number of aromatic nitrogens is 1. The number of hydrogen-bond donors (Lipinski definition) is 3. The van der Waals surface area contributed by atoms with E-state index in [4.69, 9.17) is 4.74 Å². The molecule has 0 bridgehead atoms. The Bertz CT molecular complexity index is 949. The third-order valence-electron chi connectivity index (χ3n) is 6.23. The first kappa shape index (κ1) is 19.0. The number of fused-ring (bicyclic) bond motifs is 1. The highest BCUT2D eigenvalue weighted by atomic mass is 16.5. The van der Waals surface area contributed by atoms with Crippen molar-refractivity contribution in [3.63, 3.8) is 0 Å². The van der Waals surface area contributed by atoms with Gasteiger partial charge in [-0.2, -0.15) is 0 Å². The molecule has 148 valence electrons. The van der Waals surface area contributed by atoms with Crippen molar-refractivity contribution in [3.05, 3.63) is 65.4 Å². The van der Waals surface area contributed by atoms with Crippen LogP contribution in [0.1, 0.15) is 42.4 Å². The lowest BCUT2D eigenvalue weighted by atomic mass is 9.71. The standard InChI is InChI=1S/C24H30N2O2/c1-17-9-10-23-22(12-17)18(15-26-23)14-25-16-20-6-3-4-11-24(20,27)19-7-5-8-21(13-19)28-2/h5,7-10,12-13,15,20,25-27H,3-4,6,11,14,16H2,1-2H3. The summed E-state index contributed by atoms with van der Waals surface area (Å²) in [7, 11) is 1.67. The summed E-state index contributed by atoms with van der Waals surface area (Å²) in [6.45, 7) is 3.72. The summed E-state index contributed by atoms with van der Waals surface area (Å²) < 4.78 is 5.38. The molecule has 1 aromatic heterocycles. The van der Waals surface area contributed by atoms with Gasteiger partial charge in [-0.1, -0.05) is 36.6 Å². The number of nitrogens with one attached hydrogen (secondary N) is 2. The quantitative estimate of drug-likeness (QED) is 0.585. The first-order chi connectivity index (χ1) is 13.6. The Morgan fingerprint density at radius 1 is 1.21 bits per heavy atom. The predicted molar refractivity (Wildman–Crippen MR) is 114 cm³/mol. The van der Waals surface area contributed by atoms with E-state index >= 15 is 0 Å². The second-order valence-corrected chi connectivity index (χ2v) is 8.09. The van der Waals surface area contributed by atoms with Gasteiger partial charge in [-0.15, -0.1) is 0 Å². The van der Waals surface area contributed by atoms with Crippen LogP contribution in [0.5, 0.6) is 5.75 Å². The minimum atomic E-state index is -0.795. The van der Waals surface area contributed by atoms with Crippen LogP contribution in [-0.2, 0) is 12.1 Å². The highest BCUT2D eigenvalue weighted by Crippen LogP contribution is 2.42. The Labute approximate surface area is 166 Å². The van der Waals surface area contributed by atoms with Crippen molar-refractivity contribution < 1.29 is 9.84 Å². The van der Waals surface area contributed by atoms with Crippen LogP contribution in [0.25, 0.3) is 10.9 Å². The molecule has 28 heavy (non-hydrogen) atoms. The molecular formula is C24H30N2O2. The summed E-state index contributed by atoms with van der Waals surface area (Å²) in [5.41, 5.74) is 3.90. The van der Waals surface area contributed by atoms with E-state index in [0.29, 0.717) is 0 Å². The number of hydrogen-bond acceptors (Lipinski definition) is 3. The summed E-state index contributed by atoms with van der Waals surface area (Å²) in [6.07, 6.45) is 6.16. The van der Waals surface area contributed by atoms with E-state index in [-0.39, 0.29) is 5.92 Å². The van der Waals surface area contributed by atoms with Crippen LogP contribution in [0.15, 0.2) is 48.7 Å². The number of benzene rings is 2. The van der Waals surface area contributed by atoms with Gasteiger partial charge in [0.2, 0.25) is 0 Å². The van der Waals surface area contributed by atoms with Crippen LogP contribution in [0.4, 0.5) is 0 Å². The van der Waals surface area contributed by atoms with Crippen molar-refractivity contribution in [2.75, 3.05) is 13.7 Å². The minimum Gasteiger partial charge on any atom is -0.497 e. The second-order valence-electron chi connectivity index (χ2n) is 8.09. The first-order valence-electron chi connectivity index (χ1n) is 10.2. The van der Waals surface area contributed by atoms with Crippen LogP contribution in [0.3, 0.4) is 0 Å². The maximum absolute atomic E-state index is 11.6. The molecule has 3 aromatic rings. The van der Waals surface area contributed by atoms with Gasteiger partial charge in [0.15, 0.2) is 0 Å². The van der Waals surface area contributed by atoms with Gasteiger partial charge in [-0.3, -0.25) is 0 Å². The molecule has 0 saturated heterocycles. The third kappa shape index (κ3) is 3.67. The van der Waals surface area contributed by atoms with Crippen molar-refractivity contribution in [2.24, 2.45) is 5.92 Å². The van der Waals surface area contributed by atoms with Crippen molar-refractivity contribution in [3.8, 4) is 5.75 Å². The minimum absolute atomic E-state index is 0.195. The zero-order valence-corrected chi connectivity index (χ0v) is 16.8. The van der Waals surface area contributed by atoms with Gasteiger partial charge in [-0.25, -0.2) is 0 Å². The molecule has 2 unspecified atom stereocenters. The number of aliphatic hydroxyl groups is 1. The van der Waals surface area contributed by atoms with Crippen LogP contribution in [0, 0.1) is 12.8 Å². The summed E-state index contributed by atoms with van der Waals surface area (Å²) in [4.78, 5) is 3.36. The molecular weight excluding hydrogens is 348 g/mol. The Kier molecular flexibility index (Phi) is 5.42. The zero-order valence-electron chi connectivity index (χ0n) is 16.8. The highest BCUT2D eigenvalue weighted by molar-refractivity contribution is 5.83. The van der Waals surface area contributed by atoms with E-state index in [2.05, 4.69) is 41.6 Å². The number of H-pyrrole nitrogens is 1. The van der Waals surface area contributed by atoms with Gasteiger partial charge >= 0.3 is 0 Å². The molecule has 1 fully saturated rings. The smallest absolute Gasteiger partial charge is 0.119 e. The molecule has 2 atom stereocenters. The van der Waals surface area contributed by atoms with E-state index in [1.807, 2.05) is 24.3 Å². The average molecular weight is 379 g/mol. The van der Waals surface area contributed by atoms with Gasteiger partial charge in [0.25, 0.3) is 0 Å². The van der Waals surface area contributed by atoms with Crippen LogP contribution in [-0.4, -0.2) is 23.7 Å². The normalized spacial score (nSPS) is 22.5. The number of aromatic amines is 1. The van der Waals surface area contributed by atoms with E-state index in [1.54, 1.807) is 7.11 Å². The van der Waals surface area contributed by atoms with Gasteiger partial charge in [0.05, 0.1) is 12.7 Å². The van der Waals surface area contributed by atoms with E-state index in [1.165, 1.54) is 28.5 Å². The van der Waals surface area contributed by atoms with Gasteiger partial charge < -0.3 is 20.1 Å². The molecule has 4 nitrogen and oxygen atoms in total. The molecule has 0 aliphatic heterocycles. The number of aryl methyl sites for hydroxylation is 1. The SMILES string of the molecule is COc1cccc(C2(O)CCCCC2CNCc2c[nH]c3ccc(C)cc23)c1. The van der Waals surface area contributed by atoms with Gasteiger partial charge in [0.1, 0.15) is 5.75 Å². The Morgan fingerprint density at radius 3 is 2.96 bits per heavy atom. The monoisotopic (exact) mass is 378 g/mol. The summed E-state index contributed by atoms with van der Waals surface area (Å²) in [5.74, 6) is 0.998. The fraction of sp³-hybridized carbons (Fsp3) is 0.417. The fourth-order valence-electron chi connectivity index (χ4n) is 4.59. The summed E-state index contributed by atoms with van der Waals surface area (Å²) >= 11 is 0.